The highest BCUT2D eigenvalue weighted by Gasteiger charge is 2.44. The smallest absolute Gasteiger partial charge is 0.329 e. The predicted molar refractivity (Wildman–Crippen MR) is 78.0 cm³/mol. The number of aliphatic carboxylic acids is 1. The Morgan fingerprint density at radius 2 is 1.76 bits per heavy atom. The van der Waals surface area contributed by atoms with Crippen LogP contribution in [0.25, 0.3) is 0 Å². The van der Waals surface area contributed by atoms with E-state index in [1.54, 1.807) is 13.8 Å². The van der Waals surface area contributed by atoms with Crippen LogP contribution in [0.3, 0.4) is 0 Å². The van der Waals surface area contributed by atoms with Crippen LogP contribution in [0.15, 0.2) is 30.3 Å². The SMILES string of the molecule is CC(C)(C(=O)NC1(C(=O)O)CCOCC1)c1ccccc1. The average Bonchev–Trinajstić information content (AvgIpc) is 2.49. The van der Waals surface area contributed by atoms with E-state index in [-0.39, 0.29) is 5.91 Å². The van der Waals surface area contributed by atoms with Gasteiger partial charge in [-0.3, -0.25) is 4.79 Å². The monoisotopic (exact) mass is 291 g/mol. The first-order valence-corrected chi connectivity index (χ1v) is 7.08. The summed E-state index contributed by atoms with van der Waals surface area (Å²) in [4.78, 5) is 24.2. The van der Waals surface area contributed by atoms with Crippen molar-refractivity contribution in [1.29, 1.82) is 0 Å². The lowest BCUT2D eigenvalue weighted by Gasteiger charge is -2.37. The average molecular weight is 291 g/mol. The van der Waals surface area contributed by atoms with E-state index in [4.69, 9.17) is 4.74 Å². The van der Waals surface area contributed by atoms with Crippen molar-refractivity contribution in [2.24, 2.45) is 0 Å². The highest BCUT2D eigenvalue weighted by molar-refractivity contribution is 5.92. The van der Waals surface area contributed by atoms with Crippen molar-refractivity contribution in [1.82, 2.24) is 5.32 Å². The van der Waals surface area contributed by atoms with Crippen LogP contribution >= 0.6 is 0 Å². The van der Waals surface area contributed by atoms with Gasteiger partial charge in [-0.2, -0.15) is 0 Å². The molecule has 0 bridgehead atoms. The lowest BCUT2D eigenvalue weighted by atomic mass is 9.81. The van der Waals surface area contributed by atoms with E-state index in [2.05, 4.69) is 5.32 Å². The minimum Gasteiger partial charge on any atom is -0.480 e. The lowest BCUT2D eigenvalue weighted by Crippen LogP contribution is -2.60. The molecule has 5 nitrogen and oxygen atoms in total. The van der Waals surface area contributed by atoms with E-state index >= 15 is 0 Å². The fourth-order valence-electron chi connectivity index (χ4n) is 2.47. The first-order valence-electron chi connectivity index (χ1n) is 7.08. The van der Waals surface area contributed by atoms with E-state index in [9.17, 15) is 14.7 Å². The Hall–Kier alpha value is -1.88. The zero-order chi connectivity index (χ0) is 15.5. The third kappa shape index (κ3) is 3.08. The van der Waals surface area contributed by atoms with Crippen molar-refractivity contribution in [3.05, 3.63) is 35.9 Å². The molecule has 1 saturated heterocycles. The summed E-state index contributed by atoms with van der Waals surface area (Å²) in [6, 6.07) is 9.36. The molecule has 0 aliphatic carbocycles. The molecule has 1 aliphatic heterocycles. The molecule has 0 atom stereocenters. The van der Waals surface area contributed by atoms with Crippen LogP contribution in [-0.2, 0) is 19.7 Å². The second kappa shape index (κ2) is 5.85. The number of hydrogen-bond acceptors (Lipinski definition) is 3. The second-order valence-corrected chi connectivity index (χ2v) is 5.94. The van der Waals surface area contributed by atoms with Crippen LogP contribution in [0.4, 0.5) is 0 Å². The van der Waals surface area contributed by atoms with Gasteiger partial charge in [0.05, 0.1) is 5.41 Å². The van der Waals surface area contributed by atoms with Crippen LogP contribution in [-0.4, -0.2) is 35.7 Å². The van der Waals surface area contributed by atoms with Gasteiger partial charge in [0.2, 0.25) is 5.91 Å². The zero-order valence-electron chi connectivity index (χ0n) is 12.4. The predicted octanol–water partition coefficient (Wildman–Crippen LogP) is 1.71. The highest BCUT2D eigenvalue weighted by Crippen LogP contribution is 2.27. The van der Waals surface area contributed by atoms with Gasteiger partial charge in [-0.15, -0.1) is 0 Å². The van der Waals surface area contributed by atoms with Crippen LogP contribution in [0.5, 0.6) is 0 Å². The first kappa shape index (κ1) is 15.5. The molecule has 2 N–H and O–H groups in total. The van der Waals surface area contributed by atoms with Gasteiger partial charge in [0.15, 0.2) is 0 Å². The molecule has 0 saturated carbocycles. The van der Waals surface area contributed by atoms with E-state index in [1.165, 1.54) is 0 Å². The molecule has 2 rings (SSSR count). The van der Waals surface area contributed by atoms with Crippen molar-refractivity contribution in [3.8, 4) is 0 Å². The summed E-state index contributed by atoms with van der Waals surface area (Å²) >= 11 is 0. The Labute approximate surface area is 124 Å². The van der Waals surface area contributed by atoms with Gasteiger partial charge in [0.1, 0.15) is 5.54 Å². The first-order chi connectivity index (χ1) is 9.88. The number of nitrogens with one attached hydrogen (secondary N) is 1. The fraction of sp³-hybridized carbons (Fsp3) is 0.500. The molecule has 0 unspecified atom stereocenters. The minimum atomic E-state index is -1.22. The number of carboxylic acids is 1. The number of carboxylic acid groups (broad SMARTS) is 1. The van der Waals surface area contributed by atoms with Crippen LogP contribution in [0.2, 0.25) is 0 Å². The Kier molecular flexibility index (Phi) is 4.32. The van der Waals surface area contributed by atoms with Crippen molar-refractivity contribution in [2.75, 3.05) is 13.2 Å². The Morgan fingerprint density at radius 3 is 2.29 bits per heavy atom. The van der Waals surface area contributed by atoms with E-state index in [0.717, 1.165) is 5.56 Å². The van der Waals surface area contributed by atoms with Gasteiger partial charge >= 0.3 is 5.97 Å². The number of ether oxygens (including phenoxy) is 1. The fourth-order valence-corrected chi connectivity index (χ4v) is 2.47. The summed E-state index contributed by atoms with van der Waals surface area (Å²) in [6.07, 6.45) is 0.581. The Balaban J connectivity index is 2.21. The molecule has 0 radical (unpaired) electrons. The molecule has 1 aromatic rings. The summed E-state index contributed by atoms with van der Waals surface area (Å²) in [5.74, 6) is -1.28. The molecule has 0 aromatic heterocycles. The normalized spacial score (nSPS) is 18.0. The lowest BCUT2D eigenvalue weighted by molar-refractivity contribution is -0.153. The largest absolute Gasteiger partial charge is 0.480 e. The summed E-state index contributed by atoms with van der Waals surface area (Å²) in [7, 11) is 0. The summed E-state index contributed by atoms with van der Waals surface area (Å²) in [6.45, 7) is 4.29. The maximum Gasteiger partial charge on any atom is 0.329 e. The summed E-state index contributed by atoms with van der Waals surface area (Å²) < 4.78 is 5.21. The Bertz CT molecular complexity index is 518. The molecular formula is C16H21NO4. The van der Waals surface area contributed by atoms with Gasteiger partial charge in [0.25, 0.3) is 0 Å². The molecule has 1 aromatic carbocycles. The molecule has 21 heavy (non-hydrogen) atoms. The molecule has 1 fully saturated rings. The maximum atomic E-state index is 12.6. The number of rotatable bonds is 4. The van der Waals surface area contributed by atoms with E-state index in [1.807, 2.05) is 30.3 Å². The van der Waals surface area contributed by atoms with Crippen molar-refractivity contribution in [3.63, 3.8) is 0 Å². The van der Waals surface area contributed by atoms with Gasteiger partial charge < -0.3 is 15.2 Å². The van der Waals surface area contributed by atoms with Crippen molar-refractivity contribution < 1.29 is 19.4 Å². The number of carbonyl (C=O) groups is 2. The summed E-state index contributed by atoms with van der Waals surface area (Å²) in [5, 5.41) is 12.3. The van der Waals surface area contributed by atoms with Gasteiger partial charge in [-0.25, -0.2) is 4.79 Å². The molecule has 1 amide bonds. The highest BCUT2D eigenvalue weighted by atomic mass is 16.5. The Morgan fingerprint density at radius 1 is 1.19 bits per heavy atom. The standard InChI is InChI=1S/C16H21NO4/c1-15(2,12-6-4-3-5-7-12)13(18)17-16(14(19)20)8-10-21-11-9-16/h3-7H,8-11H2,1-2H3,(H,17,18)(H,19,20). The number of carbonyl (C=O) groups excluding carboxylic acids is 1. The van der Waals surface area contributed by atoms with Crippen molar-refractivity contribution >= 4 is 11.9 Å². The van der Waals surface area contributed by atoms with E-state index in [0.29, 0.717) is 26.1 Å². The molecular weight excluding hydrogens is 270 g/mol. The second-order valence-electron chi connectivity index (χ2n) is 5.94. The molecule has 5 heteroatoms. The molecule has 114 valence electrons. The summed E-state index contributed by atoms with van der Waals surface area (Å²) in [5.41, 5.74) is -1.15. The number of hydrogen-bond donors (Lipinski definition) is 2. The minimum absolute atomic E-state index is 0.280. The van der Waals surface area contributed by atoms with Crippen molar-refractivity contribution in [2.45, 2.75) is 37.6 Å². The van der Waals surface area contributed by atoms with Crippen LogP contribution in [0, 0.1) is 0 Å². The third-order valence-electron chi connectivity index (χ3n) is 4.17. The number of benzene rings is 1. The number of amides is 1. The van der Waals surface area contributed by atoms with Gasteiger partial charge in [-0.05, 0) is 19.4 Å². The molecule has 0 spiro atoms. The van der Waals surface area contributed by atoms with Crippen LogP contribution < -0.4 is 5.32 Å². The maximum absolute atomic E-state index is 12.6. The molecule has 1 aliphatic rings. The quantitative estimate of drug-likeness (QED) is 0.885. The molecule has 1 heterocycles. The van der Waals surface area contributed by atoms with Gasteiger partial charge in [-0.1, -0.05) is 30.3 Å². The topological polar surface area (TPSA) is 75.6 Å². The van der Waals surface area contributed by atoms with Gasteiger partial charge in [0, 0.05) is 26.1 Å². The van der Waals surface area contributed by atoms with E-state index < -0.39 is 16.9 Å². The third-order valence-corrected chi connectivity index (χ3v) is 4.17. The zero-order valence-corrected chi connectivity index (χ0v) is 12.4. The van der Waals surface area contributed by atoms with Crippen LogP contribution in [0.1, 0.15) is 32.3 Å².